The first-order chi connectivity index (χ1) is 28.0. The number of ether oxygens (including phenoxy) is 3. The lowest BCUT2D eigenvalue weighted by atomic mass is 10.1. The highest BCUT2D eigenvalue weighted by Gasteiger charge is 2.19. The van der Waals surface area contributed by atoms with Gasteiger partial charge in [0, 0.05) is 19.3 Å². The Morgan fingerprint density at radius 3 is 1.19 bits per heavy atom. The van der Waals surface area contributed by atoms with Crippen LogP contribution in [0, 0.1) is 0 Å². The molecule has 0 saturated heterocycles. The standard InChI is InChI=1S/C51H86O6/c1-4-7-10-13-16-19-21-23-24-25-26-28-29-32-35-38-41-44-50(53)56-47-48(46-55-49(52)43-40-37-34-31-18-15-12-9-6-3)57-51(54)45-42-39-36-33-30-27-22-20-17-14-11-8-5-2/h9,12,18,23-24,26-28,30-32,35,48H,4-8,10-11,13-17,19-22,25,29,33-34,36-47H2,1-3H3/b12-9-,24-23-,28-26-,30-27-,31-18-,35-32-. The number of esters is 3. The van der Waals surface area contributed by atoms with Crippen LogP contribution in [-0.2, 0) is 28.6 Å². The van der Waals surface area contributed by atoms with E-state index in [9.17, 15) is 14.4 Å². The largest absolute Gasteiger partial charge is 0.462 e. The molecule has 0 N–H and O–H groups in total. The molecule has 1 unspecified atom stereocenters. The summed E-state index contributed by atoms with van der Waals surface area (Å²) in [6.45, 7) is 6.39. The topological polar surface area (TPSA) is 78.9 Å². The molecule has 326 valence electrons. The summed E-state index contributed by atoms with van der Waals surface area (Å²) >= 11 is 0. The predicted octanol–water partition coefficient (Wildman–Crippen LogP) is 15.1. The predicted molar refractivity (Wildman–Crippen MR) is 242 cm³/mol. The molecule has 0 aliphatic heterocycles. The highest BCUT2D eigenvalue weighted by atomic mass is 16.6. The molecule has 0 fully saturated rings. The molecule has 0 bridgehead atoms. The van der Waals surface area contributed by atoms with E-state index in [2.05, 4.69) is 93.7 Å². The first kappa shape index (κ1) is 53.9. The molecule has 57 heavy (non-hydrogen) atoms. The van der Waals surface area contributed by atoms with Gasteiger partial charge in [0.1, 0.15) is 13.2 Å². The van der Waals surface area contributed by atoms with Gasteiger partial charge in [-0.25, -0.2) is 0 Å². The Morgan fingerprint density at radius 2 is 0.702 bits per heavy atom. The van der Waals surface area contributed by atoms with Gasteiger partial charge in [0.05, 0.1) is 0 Å². The number of carbonyl (C=O) groups excluding carboxylic acids is 3. The monoisotopic (exact) mass is 795 g/mol. The minimum Gasteiger partial charge on any atom is -0.462 e. The van der Waals surface area contributed by atoms with Gasteiger partial charge in [0.25, 0.3) is 0 Å². The summed E-state index contributed by atoms with van der Waals surface area (Å²) in [6.07, 6.45) is 56.2. The van der Waals surface area contributed by atoms with Crippen molar-refractivity contribution in [3.05, 3.63) is 72.9 Å². The van der Waals surface area contributed by atoms with Crippen molar-refractivity contribution in [3.8, 4) is 0 Å². The van der Waals surface area contributed by atoms with Crippen LogP contribution in [0.25, 0.3) is 0 Å². The molecule has 0 aromatic carbocycles. The highest BCUT2D eigenvalue weighted by Crippen LogP contribution is 2.12. The molecule has 0 aliphatic rings. The van der Waals surface area contributed by atoms with Gasteiger partial charge in [-0.2, -0.15) is 0 Å². The van der Waals surface area contributed by atoms with Gasteiger partial charge in [-0.1, -0.05) is 164 Å². The van der Waals surface area contributed by atoms with Gasteiger partial charge in [0.15, 0.2) is 6.10 Å². The molecule has 0 rings (SSSR count). The molecular formula is C51H86O6. The van der Waals surface area contributed by atoms with E-state index >= 15 is 0 Å². The van der Waals surface area contributed by atoms with Crippen molar-refractivity contribution in [3.63, 3.8) is 0 Å². The number of unbranched alkanes of at least 4 members (excludes halogenated alkanes) is 18. The number of hydrogen-bond acceptors (Lipinski definition) is 6. The second kappa shape index (κ2) is 45.6. The quantitative estimate of drug-likeness (QED) is 0.0265. The fourth-order valence-electron chi connectivity index (χ4n) is 6.14. The van der Waals surface area contributed by atoms with Gasteiger partial charge < -0.3 is 14.2 Å². The van der Waals surface area contributed by atoms with Crippen molar-refractivity contribution < 1.29 is 28.6 Å². The molecule has 0 amide bonds. The molecule has 6 heteroatoms. The molecule has 0 aromatic rings. The molecule has 0 aliphatic carbocycles. The Kier molecular flexibility index (Phi) is 43.0. The number of hydrogen-bond donors (Lipinski definition) is 0. The van der Waals surface area contributed by atoms with Crippen LogP contribution in [0.4, 0.5) is 0 Å². The van der Waals surface area contributed by atoms with Crippen LogP contribution in [0.3, 0.4) is 0 Å². The Balaban J connectivity index is 4.47. The average molecular weight is 795 g/mol. The maximum Gasteiger partial charge on any atom is 0.306 e. The van der Waals surface area contributed by atoms with Crippen molar-refractivity contribution in [2.24, 2.45) is 0 Å². The summed E-state index contributed by atoms with van der Waals surface area (Å²) in [5, 5.41) is 0. The maximum atomic E-state index is 12.7. The molecule has 0 saturated carbocycles. The fraction of sp³-hybridized carbons (Fsp3) is 0.706. The zero-order chi connectivity index (χ0) is 41.5. The van der Waals surface area contributed by atoms with Crippen molar-refractivity contribution in [2.75, 3.05) is 13.2 Å². The van der Waals surface area contributed by atoms with Crippen LogP contribution >= 0.6 is 0 Å². The van der Waals surface area contributed by atoms with E-state index in [1.54, 1.807) is 0 Å². The zero-order valence-corrected chi connectivity index (χ0v) is 37.1. The molecule has 0 spiro atoms. The van der Waals surface area contributed by atoms with Gasteiger partial charge in [0.2, 0.25) is 0 Å². The van der Waals surface area contributed by atoms with Crippen molar-refractivity contribution >= 4 is 17.9 Å². The summed E-state index contributed by atoms with van der Waals surface area (Å²) in [6, 6.07) is 0. The summed E-state index contributed by atoms with van der Waals surface area (Å²) in [5.74, 6) is -1.02. The van der Waals surface area contributed by atoms with E-state index in [0.29, 0.717) is 19.3 Å². The average Bonchev–Trinajstić information content (AvgIpc) is 3.21. The third-order valence-electron chi connectivity index (χ3n) is 9.66. The first-order valence-corrected chi connectivity index (χ1v) is 23.4. The fourth-order valence-corrected chi connectivity index (χ4v) is 6.14. The van der Waals surface area contributed by atoms with Crippen LogP contribution in [0.2, 0.25) is 0 Å². The zero-order valence-electron chi connectivity index (χ0n) is 37.1. The van der Waals surface area contributed by atoms with Crippen LogP contribution in [0.15, 0.2) is 72.9 Å². The van der Waals surface area contributed by atoms with Crippen molar-refractivity contribution in [1.82, 2.24) is 0 Å². The third kappa shape index (κ3) is 43.8. The minimum atomic E-state index is -0.813. The summed E-state index contributed by atoms with van der Waals surface area (Å²) < 4.78 is 16.6. The van der Waals surface area contributed by atoms with Gasteiger partial charge >= 0.3 is 17.9 Å². The van der Waals surface area contributed by atoms with Gasteiger partial charge in [-0.05, 0) is 103 Å². The minimum absolute atomic E-state index is 0.115. The normalized spacial score (nSPS) is 12.7. The lowest BCUT2D eigenvalue weighted by molar-refractivity contribution is -0.167. The number of carbonyl (C=O) groups is 3. The Morgan fingerprint density at radius 1 is 0.368 bits per heavy atom. The van der Waals surface area contributed by atoms with Crippen molar-refractivity contribution in [2.45, 2.75) is 219 Å². The van der Waals surface area contributed by atoms with Gasteiger partial charge in [-0.15, -0.1) is 0 Å². The molecule has 6 nitrogen and oxygen atoms in total. The SMILES string of the molecule is CC/C=C\C/C=C\CCCCC(=O)OCC(COC(=O)CCC/C=C\C/C=C\C/C=C\CCCCCCCC)OC(=O)CCCCC/C=C\CCCCCCCC. The first-order valence-electron chi connectivity index (χ1n) is 23.4. The van der Waals surface area contributed by atoms with E-state index in [1.165, 1.54) is 83.5 Å². The smallest absolute Gasteiger partial charge is 0.306 e. The van der Waals surface area contributed by atoms with E-state index in [-0.39, 0.29) is 37.5 Å². The van der Waals surface area contributed by atoms with E-state index < -0.39 is 6.10 Å². The Hall–Kier alpha value is -3.15. The lowest BCUT2D eigenvalue weighted by Gasteiger charge is -2.18. The number of allylic oxidation sites excluding steroid dienone is 12. The van der Waals surface area contributed by atoms with Crippen LogP contribution in [0.1, 0.15) is 213 Å². The maximum absolute atomic E-state index is 12.7. The third-order valence-corrected chi connectivity index (χ3v) is 9.66. The second-order valence-electron chi connectivity index (χ2n) is 15.3. The molecular weight excluding hydrogens is 709 g/mol. The Bertz CT molecular complexity index is 1100. The number of rotatable bonds is 41. The van der Waals surface area contributed by atoms with E-state index in [4.69, 9.17) is 14.2 Å². The Labute approximate surface area is 351 Å². The van der Waals surface area contributed by atoms with Gasteiger partial charge in [-0.3, -0.25) is 14.4 Å². The molecule has 0 radical (unpaired) electrons. The van der Waals surface area contributed by atoms with Crippen LogP contribution in [-0.4, -0.2) is 37.2 Å². The van der Waals surface area contributed by atoms with E-state index in [1.807, 2.05) is 0 Å². The molecule has 0 aromatic heterocycles. The summed E-state index contributed by atoms with van der Waals surface area (Å²) in [7, 11) is 0. The molecule has 0 heterocycles. The van der Waals surface area contributed by atoms with E-state index in [0.717, 1.165) is 83.5 Å². The summed E-state index contributed by atoms with van der Waals surface area (Å²) in [4.78, 5) is 37.7. The summed E-state index contributed by atoms with van der Waals surface area (Å²) in [5.41, 5.74) is 0. The van der Waals surface area contributed by atoms with Crippen molar-refractivity contribution in [1.29, 1.82) is 0 Å². The molecule has 1 atom stereocenters. The highest BCUT2D eigenvalue weighted by molar-refractivity contribution is 5.71. The second-order valence-corrected chi connectivity index (χ2v) is 15.3. The van der Waals surface area contributed by atoms with Crippen LogP contribution in [0.5, 0.6) is 0 Å². The van der Waals surface area contributed by atoms with Crippen LogP contribution < -0.4 is 0 Å². The lowest BCUT2D eigenvalue weighted by Crippen LogP contribution is -2.30.